The van der Waals surface area contributed by atoms with Crippen LogP contribution in [0.2, 0.25) is 0 Å². The van der Waals surface area contributed by atoms with E-state index >= 15 is 0 Å². The van der Waals surface area contributed by atoms with Gasteiger partial charge in [-0.1, -0.05) is 31.2 Å². The standard InChI is InChI=1S/C17H25NO/c1-6-8-13(3)16(7-2)17(19)14-9-11-15(12-10-14)18(4)5/h6-7,9,11-14H,1,8,10H2,2-5H3/b16-7+. The van der Waals surface area contributed by atoms with Crippen molar-refractivity contribution in [2.45, 2.75) is 26.7 Å². The molecule has 1 rings (SSSR count). The van der Waals surface area contributed by atoms with E-state index in [0.29, 0.717) is 0 Å². The smallest absolute Gasteiger partial charge is 0.165 e. The second kappa shape index (κ2) is 7.13. The van der Waals surface area contributed by atoms with Gasteiger partial charge < -0.3 is 4.90 Å². The number of nitrogens with zero attached hydrogens (tertiary/aromatic N) is 1. The summed E-state index contributed by atoms with van der Waals surface area (Å²) >= 11 is 0. The SMILES string of the molecule is C=CCC(C)/C(=C\C)C(=O)C1C=CC(N(C)C)=CC1. The first-order chi connectivity index (χ1) is 9.01. The second-order valence-electron chi connectivity index (χ2n) is 5.26. The number of ketones is 1. The van der Waals surface area contributed by atoms with E-state index in [2.05, 4.69) is 24.5 Å². The molecule has 2 heteroatoms. The average Bonchev–Trinajstić information content (AvgIpc) is 2.39. The molecule has 0 heterocycles. The van der Waals surface area contributed by atoms with Crippen molar-refractivity contribution in [1.82, 2.24) is 4.90 Å². The summed E-state index contributed by atoms with van der Waals surface area (Å²) in [6.07, 6.45) is 11.7. The van der Waals surface area contributed by atoms with Gasteiger partial charge in [0.1, 0.15) is 0 Å². The van der Waals surface area contributed by atoms with Gasteiger partial charge >= 0.3 is 0 Å². The van der Waals surface area contributed by atoms with Gasteiger partial charge in [-0.3, -0.25) is 4.79 Å². The van der Waals surface area contributed by atoms with Crippen LogP contribution in [-0.4, -0.2) is 24.8 Å². The van der Waals surface area contributed by atoms with E-state index in [9.17, 15) is 4.79 Å². The number of allylic oxidation sites excluding steroid dienone is 6. The maximum Gasteiger partial charge on any atom is 0.165 e. The fourth-order valence-electron chi connectivity index (χ4n) is 2.40. The molecule has 1 aliphatic rings. The monoisotopic (exact) mass is 259 g/mol. The van der Waals surface area contributed by atoms with E-state index in [1.165, 1.54) is 5.70 Å². The van der Waals surface area contributed by atoms with Gasteiger partial charge in [0.25, 0.3) is 0 Å². The quantitative estimate of drug-likeness (QED) is 0.535. The number of hydrogen-bond acceptors (Lipinski definition) is 2. The van der Waals surface area contributed by atoms with Gasteiger partial charge in [0, 0.05) is 25.7 Å². The molecule has 1 aliphatic carbocycles. The number of likely N-dealkylation sites (N-methyl/N-ethyl adjacent to an activating group) is 1. The molecule has 19 heavy (non-hydrogen) atoms. The molecule has 2 unspecified atom stereocenters. The van der Waals surface area contributed by atoms with Crippen LogP contribution in [0.25, 0.3) is 0 Å². The van der Waals surface area contributed by atoms with Gasteiger partial charge in [-0.05, 0) is 37.3 Å². The Hall–Kier alpha value is -1.57. The van der Waals surface area contributed by atoms with E-state index in [4.69, 9.17) is 0 Å². The van der Waals surface area contributed by atoms with Crippen LogP contribution in [-0.2, 0) is 4.79 Å². The third-order valence-electron chi connectivity index (χ3n) is 3.58. The fraction of sp³-hybridized carbons (Fsp3) is 0.471. The zero-order valence-electron chi connectivity index (χ0n) is 12.5. The van der Waals surface area contributed by atoms with Crippen LogP contribution in [0.3, 0.4) is 0 Å². The number of hydrogen-bond donors (Lipinski definition) is 0. The zero-order chi connectivity index (χ0) is 14.4. The molecule has 0 aromatic heterocycles. The third kappa shape index (κ3) is 3.95. The van der Waals surface area contributed by atoms with E-state index < -0.39 is 0 Å². The van der Waals surface area contributed by atoms with E-state index in [1.54, 1.807) is 0 Å². The van der Waals surface area contributed by atoms with Crippen LogP contribution in [0.15, 0.2) is 48.2 Å². The molecule has 2 atom stereocenters. The van der Waals surface area contributed by atoms with Crippen LogP contribution in [0.1, 0.15) is 26.7 Å². The largest absolute Gasteiger partial charge is 0.378 e. The first-order valence-electron chi connectivity index (χ1n) is 6.88. The Morgan fingerprint density at radius 3 is 2.68 bits per heavy atom. The van der Waals surface area contributed by atoms with Gasteiger partial charge in [0.2, 0.25) is 0 Å². The predicted octanol–water partition coefficient (Wildman–Crippen LogP) is 3.74. The molecule has 0 amide bonds. The molecule has 0 aromatic carbocycles. The molecule has 0 saturated heterocycles. The molecule has 0 saturated carbocycles. The van der Waals surface area contributed by atoms with Gasteiger partial charge in [-0.25, -0.2) is 0 Å². The number of rotatable bonds is 6. The van der Waals surface area contributed by atoms with Crippen LogP contribution in [0, 0.1) is 11.8 Å². The first kappa shape index (κ1) is 15.5. The van der Waals surface area contributed by atoms with Crippen molar-refractivity contribution in [3.05, 3.63) is 48.2 Å². The molecule has 0 aliphatic heterocycles. The number of carbonyl (C=O) groups is 1. The summed E-state index contributed by atoms with van der Waals surface area (Å²) in [6.45, 7) is 7.78. The minimum atomic E-state index is -0.0119. The fourth-order valence-corrected chi connectivity index (χ4v) is 2.40. The van der Waals surface area contributed by atoms with Gasteiger partial charge in [-0.2, -0.15) is 0 Å². The molecular formula is C17H25NO. The van der Waals surface area contributed by atoms with Crippen molar-refractivity contribution in [2.24, 2.45) is 11.8 Å². The second-order valence-corrected chi connectivity index (χ2v) is 5.26. The number of carbonyl (C=O) groups excluding carboxylic acids is 1. The maximum absolute atomic E-state index is 12.5. The van der Waals surface area contributed by atoms with Crippen molar-refractivity contribution in [3.63, 3.8) is 0 Å². The number of Topliss-reactive ketones (excluding diaryl/α,β-unsaturated/α-hetero) is 1. The molecular weight excluding hydrogens is 234 g/mol. The lowest BCUT2D eigenvalue weighted by atomic mass is 9.84. The van der Waals surface area contributed by atoms with Crippen molar-refractivity contribution < 1.29 is 4.79 Å². The maximum atomic E-state index is 12.5. The molecule has 2 nitrogen and oxygen atoms in total. The Labute approximate surface area is 117 Å². The highest BCUT2D eigenvalue weighted by molar-refractivity contribution is 5.98. The van der Waals surface area contributed by atoms with Crippen LogP contribution in [0.4, 0.5) is 0 Å². The van der Waals surface area contributed by atoms with E-state index in [1.807, 2.05) is 45.3 Å². The average molecular weight is 259 g/mol. The Morgan fingerprint density at radius 1 is 1.58 bits per heavy atom. The lowest BCUT2D eigenvalue weighted by Crippen LogP contribution is -2.21. The normalized spacial score (nSPS) is 20.7. The van der Waals surface area contributed by atoms with Crippen LogP contribution in [0.5, 0.6) is 0 Å². The van der Waals surface area contributed by atoms with Crippen LogP contribution >= 0.6 is 0 Å². The van der Waals surface area contributed by atoms with Crippen molar-refractivity contribution in [2.75, 3.05) is 14.1 Å². The van der Waals surface area contributed by atoms with Crippen LogP contribution < -0.4 is 0 Å². The Morgan fingerprint density at radius 2 is 2.26 bits per heavy atom. The topological polar surface area (TPSA) is 20.3 Å². The van der Waals surface area contributed by atoms with Gasteiger partial charge in [0.15, 0.2) is 5.78 Å². The molecule has 0 fully saturated rings. The molecule has 0 bridgehead atoms. The molecule has 0 spiro atoms. The Bertz CT molecular complexity index is 427. The van der Waals surface area contributed by atoms with E-state index in [0.717, 1.165) is 18.4 Å². The summed E-state index contributed by atoms with van der Waals surface area (Å²) in [7, 11) is 4.03. The predicted molar refractivity (Wildman–Crippen MR) is 81.8 cm³/mol. The minimum Gasteiger partial charge on any atom is -0.378 e. The molecule has 104 valence electrons. The summed E-state index contributed by atoms with van der Waals surface area (Å²) in [4.78, 5) is 14.6. The third-order valence-corrected chi connectivity index (χ3v) is 3.58. The molecule has 0 radical (unpaired) electrons. The molecule has 0 aromatic rings. The van der Waals surface area contributed by atoms with E-state index in [-0.39, 0.29) is 17.6 Å². The summed E-state index contributed by atoms with van der Waals surface area (Å²) in [5.74, 6) is 0.493. The van der Waals surface area contributed by atoms with Crippen molar-refractivity contribution >= 4 is 5.78 Å². The Kier molecular flexibility index (Phi) is 5.81. The summed E-state index contributed by atoms with van der Waals surface area (Å²) in [5.41, 5.74) is 2.10. The lowest BCUT2D eigenvalue weighted by molar-refractivity contribution is -0.118. The highest BCUT2D eigenvalue weighted by atomic mass is 16.1. The van der Waals surface area contributed by atoms with Gasteiger partial charge in [0.05, 0.1) is 0 Å². The highest BCUT2D eigenvalue weighted by Gasteiger charge is 2.23. The summed E-state index contributed by atoms with van der Waals surface area (Å²) < 4.78 is 0. The highest BCUT2D eigenvalue weighted by Crippen LogP contribution is 2.25. The van der Waals surface area contributed by atoms with Crippen molar-refractivity contribution in [1.29, 1.82) is 0 Å². The lowest BCUT2D eigenvalue weighted by Gasteiger charge is -2.22. The molecule has 0 N–H and O–H groups in total. The van der Waals surface area contributed by atoms with Gasteiger partial charge in [-0.15, -0.1) is 6.58 Å². The summed E-state index contributed by atoms with van der Waals surface area (Å²) in [6, 6.07) is 0. The minimum absolute atomic E-state index is 0.0119. The first-order valence-corrected chi connectivity index (χ1v) is 6.88. The van der Waals surface area contributed by atoms with Crippen molar-refractivity contribution in [3.8, 4) is 0 Å². The Balaban J connectivity index is 2.75. The summed E-state index contributed by atoms with van der Waals surface area (Å²) in [5, 5.41) is 0. The zero-order valence-corrected chi connectivity index (χ0v) is 12.5.